The van der Waals surface area contributed by atoms with Gasteiger partial charge in [-0.2, -0.15) is 0 Å². The first-order chi connectivity index (χ1) is 12.5. The average molecular weight is 358 g/mol. The monoisotopic (exact) mass is 358 g/mol. The van der Waals surface area contributed by atoms with Crippen LogP contribution in [0.2, 0.25) is 0 Å². The summed E-state index contributed by atoms with van der Waals surface area (Å²) in [5.74, 6) is -0.474. The lowest BCUT2D eigenvalue weighted by Crippen LogP contribution is -2.06. The van der Waals surface area contributed by atoms with E-state index in [1.807, 2.05) is 17.7 Å². The van der Waals surface area contributed by atoms with Gasteiger partial charge in [-0.3, -0.25) is 19.7 Å². The van der Waals surface area contributed by atoms with E-state index in [0.29, 0.717) is 38.0 Å². The molecular weight excluding hydrogens is 336 g/mol. The first-order valence-corrected chi connectivity index (χ1v) is 8.59. The number of nitrogens with zero attached hydrogens (tertiary/aromatic N) is 2. The number of ether oxygens (including phenoxy) is 1. The average Bonchev–Trinajstić information content (AvgIpc) is 3.04. The van der Waals surface area contributed by atoms with Gasteiger partial charge in [0.15, 0.2) is 5.78 Å². The van der Waals surface area contributed by atoms with Crippen LogP contribution < -0.4 is 0 Å². The number of esters is 1. The number of rotatable bonds is 9. The third kappa shape index (κ3) is 4.78. The fourth-order valence-corrected chi connectivity index (χ4v) is 2.73. The summed E-state index contributed by atoms with van der Waals surface area (Å²) in [6, 6.07) is 5.73. The highest BCUT2D eigenvalue weighted by atomic mass is 16.6. The zero-order valence-corrected chi connectivity index (χ0v) is 14.9. The first-order valence-electron chi connectivity index (χ1n) is 8.59. The Morgan fingerprint density at radius 2 is 2.00 bits per heavy atom. The molecule has 0 N–H and O–H groups in total. The van der Waals surface area contributed by atoms with Crippen molar-refractivity contribution in [3.05, 3.63) is 63.5 Å². The second-order valence-electron chi connectivity index (χ2n) is 5.83. The quantitative estimate of drug-likeness (QED) is 0.296. The van der Waals surface area contributed by atoms with Crippen molar-refractivity contribution in [1.29, 1.82) is 0 Å². The van der Waals surface area contributed by atoms with Gasteiger partial charge in [-0.1, -0.05) is 19.1 Å². The lowest BCUT2D eigenvalue weighted by atomic mass is 10.0. The fourth-order valence-electron chi connectivity index (χ4n) is 2.73. The molecule has 0 saturated heterocycles. The minimum Gasteiger partial charge on any atom is -0.466 e. The summed E-state index contributed by atoms with van der Waals surface area (Å²) < 4.78 is 6.78. The van der Waals surface area contributed by atoms with Crippen molar-refractivity contribution < 1.29 is 19.2 Å². The summed E-state index contributed by atoms with van der Waals surface area (Å²) in [7, 11) is 0. The summed E-state index contributed by atoms with van der Waals surface area (Å²) in [6.45, 7) is 4.67. The number of hydrogen-bond donors (Lipinski definition) is 0. The van der Waals surface area contributed by atoms with Gasteiger partial charge in [0, 0.05) is 48.6 Å². The van der Waals surface area contributed by atoms with Gasteiger partial charge in [0.25, 0.3) is 5.69 Å². The molecule has 2 rings (SSSR count). The molecule has 1 aromatic carbocycles. The van der Waals surface area contributed by atoms with Crippen molar-refractivity contribution in [3.8, 4) is 0 Å². The maximum Gasteiger partial charge on any atom is 0.305 e. The van der Waals surface area contributed by atoms with E-state index in [-0.39, 0.29) is 23.0 Å². The molecule has 2 aromatic rings. The summed E-state index contributed by atoms with van der Waals surface area (Å²) in [4.78, 5) is 34.6. The molecule has 0 radical (unpaired) electrons. The van der Waals surface area contributed by atoms with Crippen LogP contribution in [0.4, 0.5) is 5.69 Å². The van der Waals surface area contributed by atoms with Crippen LogP contribution in [-0.2, 0) is 22.5 Å². The van der Waals surface area contributed by atoms with Crippen molar-refractivity contribution in [2.75, 3.05) is 6.61 Å². The number of aryl methyl sites for hydroxylation is 2. The second kappa shape index (κ2) is 8.94. The van der Waals surface area contributed by atoms with E-state index >= 15 is 0 Å². The minimum atomic E-state index is -0.516. The number of hydrogen-bond acceptors (Lipinski definition) is 5. The Hall–Kier alpha value is -2.96. The Morgan fingerprint density at radius 3 is 2.65 bits per heavy atom. The first kappa shape index (κ1) is 19.4. The molecule has 0 bridgehead atoms. The van der Waals surface area contributed by atoms with Gasteiger partial charge < -0.3 is 9.30 Å². The molecule has 0 aliphatic rings. The predicted molar refractivity (Wildman–Crippen MR) is 96.2 cm³/mol. The second-order valence-corrected chi connectivity index (χ2v) is 5.83. The number of benzene rings is 1. The third-order valence-electron chi connectivity index (χ3n) is 4.01. The number of carbonyl (C=O) groups is 2. The Balaban J connectivity index is 2.15. The number of non-ortho nitro benzene ring substituents is 1. The van der Waals surface area contributed by atoms with Crippen LogP contribution >= 0.6 is 0 Å². The van der Waals surface area contributed by atoms with Crippen molar-refractivity contribution in [2.24, 2.45) is 0 Å². The summed E-state index contributed by atoms with van der Waals surface area (Å²) in [5, 5.41) is 10.9. The van der Waals surface area contributed by atoms with Crippen LogP contribution in [0.15, 0.2) is 36.7 Å². The molecule has 0 spiro atoms. The van der Waals surface area contributed by atoms with Crippen LogP contribution in [0.1, 0.15) is 48.2 Å². The van der Waals surface area contributed by atoms with Crippen LogP contribution in [-0.4, -0.2) is 27.8 Å². The van der Waals surface area contributed by atoms with E-state index in [2.05, 4.69) is 0 Å². The number of carbonyl (C=O) groups excluding carboxylic acids is 2. The highest BCUT2D eigenvalue weighted by Crippen LogP contribution is 2.20. The largest absolute Gasteiger partial charge is 0.466 e. The third-order valence-corrected chi connectivity index (χ3v) is 4.01. The van der Waals surface area contributed by atoms with Gasteiger partial charge in [-0.05, 0) is 25.3 Å². The van der Waals surface area contributed by atoms with Gasteiger partial charge in [-0.25, -0.2) is 0 Å². The van der Waals surface area contributed by atoms with Crippen LogP contribution in [0.3, 0.4) is 0 Å². The van der Waals surface area contributed by atoms with Crippen molar-refractivity contribution >= 4 is 17.4 Å². The molecule has 0 aliphatic heterocycles. The normalized spacial score (nSPS) is 10.5. The minimum absolute atomic E-state index is 0.109. The van der Waals surface area contributed by atoms with E-state index in [0.717, 1.165) is 5.56 Å². The molecule has 0 aliphatic carbocycles. The van der Waals surface area contributed by atoms with Crippen molar-refractivity contribution in [3.63, 3.8) is 0 Å². The smallest absolute Gasteiger partial charge is 0.305 e. The van der Waals surface area contributed by atoms with Crippen LogP contribution in [0.25, 0.3) is 0 Å². The lowest BCUT2D eigenvalue weighted by molar-refractivity contribution is -0.384. The molecular formula is C19H22N2O5. The molecule has 7 heteroatoms. The summed E-state index contributed by atoms with van der Waals surface area (Å²) >= 11 is 0. The van der Waals surface area contributed by atoms with E-state index < -0.39 is 4.92 Å². The van der Waals surface area contributed by atoms with Gasteiger partial charge in [0.05, 0.1) is 11.5 Å². The van der Waals surface area contributed by atoms with Gasteiger partial charge >= 0.3 is 5.97 Å². The molecule has 0 atom stereocenters. The molecule has 7 nitrogen and oxygen atoms in total. The molecule has 1 heterocycles. The fraction of sp³-hybridized carbons (Fsp3) is 0.368. The molecule has 1 aromatic heterocycles. The predicted octanol–water partition coefficient (Wildman–Crippen LogP) is 3.53. The number of nitro groups is 1. The van der Waals surface area contributed by atoms with E-state index in [4.69, 9.17) is 4.74 Å². The molecule has 26 heavy (non-hydrogen) atoms. The van der Waals surface area contributed by atoms with Crippen molar-refractivity contribution in [1.82, 2.24) is 4.57 Å². The molecule has 138 valence electrons. The molecule has 0 fully saturated rings. The Bertz CT molecular complexity index is 810. The topological polar surface area (TPSA) is 91.4 Å². The summed E-state index contributed by atoms with van der Waals surface area (Å²) in [5.41, 5.74) is 1.59. The van der Waals surface area contributed by atoms with E-state index in [9.17, 15) is 19.7 Å². The van der Waals surface area contributed by atoms with E-state index in [1.54, 1.807) is 19.2 Å². The van der Waals surface area contributed by atoms with Gasteiger partial charge in [0.1, 0.15) is 0 Å². The van der Waals surface area contributed by atoms with Gasteiger partial charge in [-0.15, -0.1) is 0 Å². The highest BCUT2D eigenvalue weighted by Gasteiger charge is 2.18. The summed E-state index contributed by atoms with van der Waals surface area (Å²) in [6.07, 6.45) is 5.23. The SMILES string of the molecule is CCOC(=O)CCCn1cc(CC)c(C(=O)c2cccc([N+](=O)[O-])c2)c1. The standard InChI is InChI=1S/C19H22N2O5/c1-3-14-12-20(10-6-9-18(22)26-4-2)13-17(14)19(23)15-7-5-8-16(11-15)21(24)25/h5,7-8,11-13H,3-4,6,9-10H2,1-2H3. The maximum atomic E-state index is 12.8. The lowest BCUT2D eigenvalue weighted by Gasteiger charge is -2.03. The number of aromatic nitrogens is 1. The zero-order valence-electron chi connectivity index (χ0n) is 14.9. The highest BCUT2D eigenvalue weighted by molar-refractivity contribution is 6.10. The Morgan fingerprint density at radius 1 is 1.23 bits per heavy atom. The van der Waals surface area contributed by atoms with Crippen LogP contribution in [0, 0.1) is 10.1 Å². The molecule has 0 amide bonds. The Kier molecular flexibility index (Phi) is 6.66. The number of nitro benzene ring substituents is 1. The van der Waals surface area contributed by atoms with Crippen LogP contribution in [0.5, 0.6) is 0 Å². The molecule has 0 saturated carbocycles. The van der Waals surface area contributed by atoms with Crippen molar-refractivity contribution in [2.45, 2.75) is 39.7 Å². The van der Waals surface area contributed by atoms with Gasteiger partial charge in [0.2, 0.25) is 0 Å². The Labute approximate surface area is 151 Å². The zero-order chi connectivity index (χ0) is 19.1. The van der Waals surface area contributed by atoms with E-state index in [1.165, 1.54) is 18.2 Å². The number of ketones is 1. The maximum absolute atomic E-state index is 12.8. The molecule has 0 unspecified atom stereocenters.